The van der Waals surface area contributed by atoms with Crippen molar-refractivity contribution >= 4 is 6.03 Å². The summed E-state index contributed by atoms with van der Waals surface area (Å²) >= 11 is 0. The Kier molecular flexibility index (Phi) is 3.39. The highest BCUT2D eigenvalue weighted by atomic mass is 16.2. The summed E-state index contributed by atoms with van der Waals surface area (Å²) in [7, 11) is 0. The SMILES string of the molecule is N#CCCCCN1CCNC1=O. The fourth-order valence-corrected chi connectivity index (χ4v) is 1.23. The smallest absolute Gasteiger partial charge is 0.317 e. The predicted molar refractivity (Wildman–Crippen MR) is 44.4 cm³/mol. The predicted octanol–water partition coefficient (Wildman–Crippen LogP) is 0.705. The minimum atomic E-state index is 0.0342. The van der Waals surface area contributed by atoms with E-state index in [1.807, 2.05) is 0 Å². The molecular formula is C8H13N3O. The molecule has 0 aromatic carbocycles. The zero-order chi connectivity index (χ0) is 8.81. The van der Waals surface area contributed by atoms with E-state index in [0.29, 0.717) is 6.42 Å². The van der Waals surface area contributed by atoms with Gasteiger partial charge in [-0.3, -0.25) is 0 Å². The van der Waals surface area contributed by atoms with Gasteiger partial charge in [0.05, 0.1) is 6.07 Å². The normalized spacial score (nSPS) is 15.9. The molecule has 66 valence electrons. The van der Waals surface area contributed by atoms with Gasteiger partial charge in [0.15, 0.2) is 0 Å². The van der Waals surface area contributed by atoms with Crippen molar-refractivity contribution in [2.24, 2.45) is 0 Å². The Labute approximate surface area is 72.2 Å². The topological polar surface area (TPSA) is 56.1 Å². The molecule has 0 bridgehead atoms. The zero-order valence-corrected chi connectivity index (χ0v) is 7.05. The second-order valence-corrected chi connectivity index (χ2v) is 2.83. The van der Waals surface area contributed by atoms with Crippen LogP contribution in [0.2, 0.25) is 0 Å². The molecule has 12 heavy (non-hydrogen) atoms. The van der Waals surface area contributed by atoms with Crippen LogP contribution in [0.5, 0.6) is 0 Å². The molecule has 1 N–H and O–H groups in total. The maximum absolute atomic E-state index is 11.0. The summed E-state index contributed by atoms with van der Waals surface area (Å²) in [5, 5.41) is 11.0. The molecule has 1 aliphatic heterocycles. The first kappa shape index (κ1) is 8.85. The van der Waals surface area contributed by atoms with Gasteiger partial charge in [0, 0.05) is 26.1 Å². The fourth-order valence-electron chi connectivity index (χ4n) is 1.23. The van der Waals surface area contributed by atoms with Crippen LogP contribution in [0.1, 0.15) is 19.3 Å². The first-order valence-corrected chi connectivity index (χ1v) is 4.24. The monoisotopic (exact) mass is 167 g/mol. The maximum Gasteiger partial charge on any atom is 0.317 e. The first-order valence-electron chi connectivity index (χ1n) is 4.24. The van der Waals surface area contributed by atoms with Gasteiger partial charge in [-0.2, -0.15) is 5.26 Å². The third kappa shape index (κ3) is 2.42. The lowest BCUT2D eigenvalue weighted by Gasteiger charge is -2.12. The van der Waals surface area contributed by atoms with Crippen molar-refractivity contribution in [2.45, 2.75) is 19.3 Å². The summed E-state index contributed by atoms with van der Waals surface area (Å²) in [5.41, 5.74) is 0. The minimum Gasteiger partial charge on any atom is -0.336 e. The quantitative estimate of drug-likeness (QED) is 0.627. The van der Waals surface area contributed by atoms with Gasteiger partial charge >= 0.3 is 6.03 Å². The zero-order valence-electron chi connectivity index (χ0n) is 7.05. The summed E-state index contributed by atoms with van der Waals surface area (Å²) in [6, 6.07) is 2.12. The van der Waals surface area contributed by atoms with E-state index in [9.17, 15) is 4.79 Å². The summed E-state index contributed by atoms with van der Waals surface area (Å²) in [6.45, 7) is 2.36. The number of carbonyl (C=O) groups excluding carboxylic acids is 1. The summed E-state index contributed by atoms with van der Waals surface area (Å²) < 4.78 is 0. The van der Waals surface area contributed by atoms with Gasteiger partial charge in [0.1, 0.15) is 0 Å². The second-order valence-electron chi connectivity index (χ2n) is 2.83. The third-order valence-electron chi connectivity index (χ3n) is 1.91. The summed E-state index contributed by atoms with van der Waals surface area (Å²) in [5.74, 6) is 0. The van der Waals surface area contributed by atoms with E-state index in [1.165, 1.54) is 0 Å². The number of urea groups is 1. The van der Waals surface area contributed by atoms with Crippen molar-refractivity contribution in [1.29, 1.82) is 5.26 Å². The highest BCUT2D eigenvalue weighted by molar-refractivity contribution is 5.76. The second kappa shape index (κ2) is 4.60. The molecule has 0 aliphatic carbocycles. The van der Waals surface area contributed by atoms with Gasteiger partial charge in [-0.25, -0.2) is 4.79 Å². The Hall–Kier alpha value is -1.24. The van der Waals surface area contributed by atoms with Crippen LogP contribution in [0.4, 0.5) is 4.79 Å². The van der Waals surface area contributed by atoms with Crippen molar-refractivity contribution in [1.82, 2.24) is 10.2 Å². The Balaban J connectivity index is 2.07. The molecule has 0 spiro atoms. The van der Waals surface area contributed by atoms with Gasteiger partial charge in [0.2, 0.25) is 0 Å². The standard InChI is InChI=1S/C8H13N3O/c9-4-2-1-3-6-11-7-5-10-8(11)12/h1-3,5-7H2,(H,10,12). The third-order valence-corrected chi connectivity index (χ3v) is 1.91. The maximum atomic E-state index is 11.0. The van der Waals surface area contributed by atoms with E-state index < -0.39 is 0 Å². The molecule has 0 saturated carbocycles. The molecule has 0 unspecified atom stereocenters. The number of hydrogen-bond acceptors (Lipinski definition) is 2. The average molecular weight is 167 g/mol. The average Bonchev–Trinajstić information content (AvgIpc) is 2.46. The minimum absolute atomic E-state index is 0.0342. The molecule has 4 nitrogen and oxygen atoms in total. The largest absolute Gasteiger partial charge is 0.336 e. The van der Waals surface area contributed by atoms with Crippen molar-refractivity contribution in [2.75, 3.05) is 19.6 Å². The molecule has 1 rings (SSSR count). The van der Waals surface area contributed by atoms with Gasteiger partial charge in [-0.05, 0) is 12.8 Å². The van der Waals surface area contributed by atoms with Crippen molar-refractivity contribution in [3.63, 3.8) is 0 Å². The molecule has 1 saturated heterocycles. The Morgan fingerprint density at radius 1 is 1.58 bits per heavy atom. The summed E-state index contributed by atoms with van der Waals surface area (Å²) in [4.78, 5) is 12.8. The fraction of sp³-hybridized carbons (Fsp3) is 0.750. The molecule has 0 atom stereocenters. The number of hydrogen-bond donors (Lipinski definition) is 1. The molecule has 0 aromatic rings. The number of nitriles is 1. The lowest BCUT2D eigenvalue weighted by Crippen LogP contribution is -2.28. The van der Waals surface area contributed by atoms with Crippen LogP contribution < -0.4 is 5.32 Å². The lowest BCUT2D eigenvalue weighted by molar-refractivity contribution is 0.216. The van der Waals surface area contributed by atoms with Gasteiger partial charge in [-0.1, -0.05) is 0 Å². The molecule has 0 radical (unpaired) electrons. The van der Waals surface area contributed by atoms with Crippen molar-refractivity contribution < 1.29 is 4.79 Å². The van der Waals surface area contributed by atoms with Crippen LogP contribution in [0.15, 0.2) is 0 Å². The van der Waals surface area contributed by atoms with Crippen LogP contribution in [-0.4, -0.2) is 30.6 Å². The highest BCUT2D eigenvalue weighted by Crippen LogP contribution is 2.01. The van der Waals surface area contributed by atoms with E-state index in [0.717, 1.165) is 32.5 Å². The van der Waals surface area contributed by atoms with E-state index in [-0.39, 0.29) is 6.03 Å². The number of carbonyl (C=O) groups is 1. The van der Waals surface area contributed by atoms with Crippen LogP contribution in [0.25, 0.3) is 0 Å². The van der Waals surface area contributed by atoms with Crippen LogP contribution >= 0.6 is 0 Å². The summed E-state index contributed by atoms with van der Waals surface area (Å²) in [6.07, 6.45) is 2.41. The first-order chi connectivity index (χ1) is 5.84. The molecule has 1 heterocycles. The molecule has 4 heteroatoms. The van der Waals surface area contributed by atoms with Crippen LogP contribution in [-0.2, 0) is 0 Å². The Bertz CT molecular complexity index is 197. The van der Waals surface area contributed by atoms with Crippen molar-refractivity contribution in [3.05, 3.63) is 0 Å². The van der Waals surface area contributed by atoms with E-state index >= 15 is 0 Å². The number of unbranched alkanes of at least 4 members (excludes halogenated alkanes) is 2. The molecule has 1 aliphatic rings. The number of nitrogens with zero attached hydrogens (tertiary/aromatic N) is 2. The van der Waals surface area contributed by atoms with E-state index in [1.54, 1.807) is 4.90 Å². The van der Waals surface area contributed by atoms with Gasteiger partial charge < -0.3 is 10.2 Å². The Morgan fingerprint density at radius 3 is 3.00 bits per heavy atom. The number of nitrogens with one attached hydrogen (secondary N) is 1. The molecular weight excluding hydrogens is 154 g/mol. The van der Waals surface area contributed by atoms with E-state index in [4.69, 9.17) is 5.26 Å². The van der Waals surface area contributed by atoms with E-state index in [2.05, 4.69) is 11.4 Å². The van der Waals surface area contributed by atoms with Crippen molar-refractivity contribution in [3.8, 4) is 6.07 Å². The highest BCUT2D eigenvalue weighted by Gasteiger charge is 2.17. The molecule has 1 fully saturated rings. The molecule has 0 aromatic heterocycles. The van der Waals surface area contributed by atoms with Gasteiger partial charge in [-0.15, -0.1) is 0 Å². The number of amides is 2. The Morgan fingerprint density at radius 2 is 2.42 bits per heavy atom. The number of rotatable bonds is 4. The molecule has 2 amide bonds. The van der Waals surface area contributed by atoms with Crippen LogP contribution in [0.3, 0.4) is 0 Å². The van der Waals surface area contributed by atoms with Gasteiger partial charge in [0.25, 0.3) is 0 Å². The lowest BCUT2D eigenvalue weighted by atomic mass is 10.2. The van der Waals surface area contributed by atoms with Crippen LogP contribution in [0, 0.1) is 11.3 Å².